The highest BCUT2D eigenvalue weighted by Crippen LogP contribution is 2.44. The van der Waals surface area contributed by atoms with Gasteiger partial charge in [0.2, 0.25) is 27.7 Å². The van der Waals surface area contributed by atoms with Gasteiger partial charge in [-0.25, -0.2) is 18.2 Å². The number of pyridine rings is 1. The van der Waals surface area contributed by atoms with Gasteiger partial charge in [0.15, 0.2) is 0 Å². The summed E-state index contributed by atoms with van der Waals surface area (Å²) in [6.07, 6.45) is 6.04. The standard InChI is InChI=1S/C35H48N6O8S/c1-20-18-35(20,32(44)40-50(46,47)25-11-12-25)39-29(42)27-17-24(49-30-26-13-10-23(48-5)16-21(26)14-15-36-30)19-41(27)31(43)28(34(2,3)4)38-33(45)37-22-8-6-7-9-22/h10,13-16,20,22,24-25,27-28H,6-9,11-12,17-19H2,1-5H3,(H,39,42)(H,40,44)(H2,37,38,45)/t20-,24-,27+,28-,35-/m1/s1. The Labute approximate surface area is 292 Å². The molecule has 1 aromatic carbocycles. The molecule has 6 rings (SSSR count). The zero-order chi connectivity index (χ0) is 36.0. The van der Waals surface area contributed by atoms with Gasteiger partial charge in [-0.2, -0.15) is 0 Å². The summed E-state index contributed by atoms with van der Waals surface area (Å²) in [7, 11) is -2.26. The SMILES string of the molecule is COc1ccc2c(O[C@@H]3C[C@@H](C(=O)N[C@]4(C(=O)NS(=O)(=O)C5CC5)C[C@H]4C)N(C(=O)[C@@H](NC(=O)NC4CCCC4)C(C)(C)C)C3)nccc2c1. The zero-order valence-corrected chi connectivity index (χ0v) is 30.1. The topological polar surface area (TPSA) is 185 Å². The van der Waals surface area contributed by atoms with Crippen molar-refractivity contribution in [3.8, 4) is 11.6 Å². The predicted octanol–water partition coefficient (Wildman–Crippen LogP) is 2.75. The van der Waals surface area contributed by atoms with Gasteiger partial charge in [0.25, 0.3) is 5.91 Å². The van der Waals surface area contributed by atoms with Gasteiger partial charge in [-0.3, -0.25) is 19.1 Å². The van der Waals surface area contributed by atoms with Crippen LogP contribution >= 0.6 is 0 Å². The first-order valence-electron chi connectivity index (χ1n) is 17.5. The lowest BCUT2D eigenvalue weighted by Gasteiger charge is -2.35. The molecule has 50 heavy (non-hydrogen) atoms. The second-order valence-electron chi connectivity index (χ2n) is 15.3. The number of hydrogen-bond acceptors (Lipinski definition) is 9. The van der Waals surface area contributed by atoms with E-state index in [0.717, 1.165) is 36.5 Å². The number of fused-ring (bicyclic) bond motifs is 1. The molecule has 4 N–H and O–H groups in total. The van der Waals surface area contributed by atoms with Crippen molar-refractivity contribution in [3.05, 3.63) is 30.5 Å². The van der Waals surface area contributed by atoms with Crippen molar-refractivity contribution in [2.45, 2.75) is 114 Å². The number of likely N-dealkylation sites (tertiary alicyclic amines) is 1. The molecule has 2 aromatic rings. The van der Waals surface area contributed by atoms with Crippen LogP contribution < -0.4 is 30.1 Å². The van der Waals surface area contributed by atoms with Crippen LogP contribution in [0.1, 0.15) is 79.1 Å². The van der Waals surface area contributed by atoms with Crippen molar-refractivity contribution in [3.63, 3.8) is 0 Å². The molecule has 1 aliphatic heterocycles. The van der Waals surface area contributed by atoms with Gasteiger partial charge < -0.3 is 30.3 Å². The summed E-state index contributed by atoms with van der Waals surface area (Å²) < 4.78 is 39.1. The molecule has 14 nitrogen and oxygen atoms in total. The largest absolute Gasteiger partial charge is 0.497 e. The van der Waals surface area contributed by atoms with Gasteiger partial charge in [0.1, 0.15) is 29.5 Å². The maximum Gasteiger partial charge on any atom is 0.315 e. The molecule has 0 spiro atoms. The van der Waals surface area contributed by atoms with Crippen molar-refractivity contribution in [2.75, 3.05) is 13.7 Å². The van der Waals surface area contributed by atoms with E-state index in [0.29, 0.717) is 24.5 Å². The molecule has 4 aliphatic rings. The summed E-state index contributed by atoms with van der Waals surface area (Å²) in [5.41, 5.74) is -2.16. The molecule has 272 valence electrons. The maximum absolute atomic E-state index is 14.5. The lowest BCUT2D eigenvalue weighted by atomic mass is 9.85. The van der Waals surface area contributed by atoms with Crippen molar-refractivity contribution in [1.29, 1.82) is 0 Å². The second-order valence-corrected chi connectivity index (χ2v) is 17.3. The van der Waals surface area contributed by atoms with E-state index in [4.69, 9.17) is 9.47 Å². The maximum atomic E-state index is 14.5. The Morgan fingerprint density at radius 3 is 2.38 bits per heavy atom. The molecule has 4 fully saturated rings. The van der Waals surface area contributed by atoms with Crippen molar-refractivity contribution in [2.24, 2.45) is 11.3 Å². The van der Waals surface area contributed by atoms with Crippen LogP contribution in [0.4, 0.5) is 4.79 Å². The smallest absolute Gasteiger partial charge is 0.315 e. The van der Waals surface area contributed by atoms with E-state index in [-0.39, 0.29) is 31.3 Å². The summed E-state index contributed by atoms with van der Waals surface area (Å²) in [4.78, 5) is 61.0. The van der Waals surface area contributed by atoms with Crippen LogP contribution in [-0.4, -0.2) is 90.7 Å². The molecule has 0 unspecified atom stereocenters. The highest BCUT2D eigenvalue weighted by Gasteiger charge is 2.61. The molecule has 0 bridgehead atoms. The summed E-state index contributed by atoms with van der Waals surface area (Å²) in [6, 6.07) is 4.80. The number of aromatic nitrogens is 1. The molecule has 5 amide bonds. The van der Waals surface area contributed by atoms with E-state index in [9.17, 15) is 27.6 Å². The van der Waals surface area contributed by atoms with E-state index in [2.05, 4.69) is 25.7 Å². The van der Waals surface area contributed by atoms with Crippen LogP contribution in [0.2, 0.25) is 0 Å². The van der Waals surface area contributed by atoms with E-state index >= 15 is 0 Å². The highest BCUT2D eigenvalue weighted by atomic mass is 32.2. The average molecular weight is 713 g/mol. The third kappa shape index (κ3) is 7.47. The van der Waals surface area contributed by atoms with Crippen molar-refractivity contribution in [1.82, 2.24) is 30.6 Å². The number of methoxy groups -OCH3 is 1. The number of amides is 5. The third-order valence-electron chi connectivity index (χ3n) is 10.4. The average Bonchev–Trinajstić information content (AvgIpc) is 3.91. The number of urea groups is 1. The highest BCUT2D eigenvalue weighted by molar-refractivity contribution is 7.91. The third-order valence-corrected chi connectivity index (χ3v) is 12.2. The van der Waals surface area contributed by atoms with Gasteiger partial charge in [-0.05, 0) is 73.1 Å². The Hall–Kier alpha value is -4.14. The number of nitrogens with zero attached hydrogens (tertiary/aromatic N) is 2. The van der Waals surface area contributed by atoms with Gasteiger partial charge in [-0.1, -0.05) is 40.5 Å². The predicted molar refractivity (Wildman–Crippen MR) is 185 cm³/mol. The van der Waals surface area contributed by atoms with Gasteiger partial charge in [-0.15, -0.1) is 0 Å². The summed E-state index contributed by atoms with van der Waals surface area (Å²) in [5, 5.41) is 9.63. The zero-order valence-electron chi connectivity index (χ0n) is 29.3. The number of nitrogens with one attached hydrogen (secondary N) is 4. The molecule has 3 saturated carbocycles. The minimum Gasteiger partial charge on any atom is -0.497 e. The quantitative estimate of drug-likeness (QED) is 0.272. The number of hydrogen-bond donors (Lipinski definition) is 4. The summed E-state index contributed by atoms with van der Waals surface area (Å²) in [6.45, 7) is 7.28. The fourth-order valence-electron chi connectivity index (χ4n) is 7.08. The van der Waals surface area contributed by atoms with Crippen LogP contribution in [-0.2, 0) is 24.4 Å². The number of benzene rings is 1. The van der Waals surface area contributed by atoms with Gasteiger partial charge in [0.05, 0.1) is 18.9 Å². The molecule has 1 saturated heterocycles. The molecule has 5 atom stereocenters. The number of carbonyl (C=O) groups excluding carboxylic acids is 4. The first kappa shape index (κ1) is 35.7. The first-order valence-corrected chi connectivity index (χ1v) is 19.0. The Bertz CT molecular complexity index is 1770. The lowest BCUT2D eigenvalue weighted by Crippen LogP contribution is -2.61. The Morgan fingerprint density at radius 1 is 1.06 bits per heavy atom. The minimum atomic E-state index is -3.84. The fourth-order valence-corrected chi connectivity index (χ4v) is 8.45. The molecular formula is C35H48N6O8S. The monoisotopic (exact) mass is 712 g/mol. The van der Waals surface area contributed by atoms with Crippen LogP contribution in [0, 0.1) is 11.3 Å². The van der Waals surface area contributed by atoms with Crippen LogP contribution in [0.15, 0.2) is 30.5 Å². The lowest BCUT2D eigenvalue weighted by molar-refractivity contribution is -0.142. The summed E-state index contributed by atoms with van der Waals surface area (Å²) in [5.74, 6) is -1.19. The molecule has 1 aromatic heterocycles. The van der Waals surface area contributed by atoms with Gasteiger partial charge in [0, 0.05) is 24.0 Å². The Kier molecular flexibility index (Phi) is 9.66. The second kappa shape index (κ2) is 13.5. The van der Waals surface area contributed by atoms with E-state index in [1.165, 1.54) is 4.90 Å². The van der Waals surface area contributed by atoms with E-state index in [1.54, 1.807) is 26.3 Å². The number of rotatable bonds is 11. The Balaban J connectivity index is 1.26. The molecule has 0 radical (unpaired) electrons. The van der Waals surface area contributed by atoms with Crippen LogP contribution in [0.5, 0.6) is 11.6 Å². The van der Waals surface area contributed by atoms with Crippen molar-refractivity contribution < 1.29 is 37.1 Å². The molecule has 2 heterocycles. The Morgan fingerprint density at radius 2 is 1.76 bits per heavy atom. The number of ether oxygens (including phenoxy) is 2. The molecular weight excluding hydrogens is 664 g/mol. The molecule has 3 aliphatic carbocycles. The van der Waals surface area contributed by atoms with Crippen LogP contribution in [0.25, 0.3) is 10.8 Å². The minimum absolute atomic E-state index is 0.00839. The van der Waals surface area contributed by atoms with Gasteiger partial charge >= 0.3 is 6.03 Å². The fraction of sp³-hybridized carbons (Fsp3) is 0.629. The molecule has 15 heteroatoms. The van der Waals surface area contributed by atoms with Crippen LogP contribution in [0.3, 0.4) is 0 Å². The first-order chi connectivity index (χ1) is 23.6. The normalized spacial score (nSPS) is 25.9. The summed E-state index contributed by atoms with van der Waals surface area (Å²) >= 11 is 0. The number of sulfonamides is 1. The van der Waals surface area contributed by atoms with E-state index in [1.807, 2.05) is 39.0 Å². The van der Waals surface area contributed by atoms with E-state index < -0.39 is 68.2 Å². The van der Waals surface area contributed by atoms with Crippen molar-refractivity contribution >= 4 is 44.5 Å². The number of carbonyl (C=O) groups is 4.